The number of methoxy groups -OCH3 is 2. The van der Waals surface area contributed by atoms with Gasteiger partial charge in [-0.1, -0.05) is 186 Å². The molecule has 0 radical (unpaired) electrons. The summed E-state index contributed by atoms with van der Waals surface area (Å²) in [6, 6.07) is 58.3. The van der Waals surface area contributed by atoms with E-state index in [1.54, 1.807) is 87.0 Å². The number of amides is 1. The molecule has 12 nitrogen and oxygen atoms in total. The molecule has 0 bridgehead atoms. The van der Waals surface area contributed by atoms with Crippen molar-refractivity contribution < 1.29 is 53.7 Å². The first-order valence-corrected chi connectivity index (χ1v) is 27.1. The summed E-state index contributed by atoms with van der Waals surface area (Å²) in [5.41, 5.74) is 9.80. The third kappa shape index (κ3) is 21.5. The van der Waals surface area contributed by atoms with Crippen molar-refractivity contribution in [2.45, 2.75) is 6.42 Å². The molecule has 8 aromatic rings. The number of thioether (sulfide) groups is 2. The van der Waals surface area contributed by atoms with Gasteiger partial charge in [-0.05, 0) is 111 Å². The smallest absolute Gasteiger partial charge is 0.488 e. The van der Waals surface area contributed by atoms with Crippen molar-refractivity contribution in [3.8, 4) is 56.4 Å². The summed E-state index contributed by atoms with van der Waals surface area (Å²) >= 11 is 15.7. The molecule has 79 heavy (non-hydrogen) atoms. The van der Waals surface area contributed by atoms with Gasteiger partial charge in [0, 0.05) is 27.6 Å². The summed E-state index contributed by atoms with van der Waals surface area (Å²) in [7, 11) is 1.80. The molecular weight excluding hydrogens is 1140 g/mol. The number of ketones is 1. The van der Waals surface area contributed by atoms with Crippen LogP contribution in [0, 0.1) is 0 Å². The summed E-state index contributed by atoms with van der Waals surface area (Å²) in [5.74, 6) is 2.78. The Morgan fingerprint density at radius 1 is 0.519 bits per heavy atom. The van der Waals surface area contributed by atoms with Gasteiger partial charge in [0.15, 0.2) is 0 Å². The molecule has 2 fully saturated rings. The molecule has 2 saturated heterocycles. The molecular formula is C61H51BBrNO11S4. The Bertz CT molecular complexity index is 3300. The molecule has 18 heteroatoms. The van der Waals surface area contributed by atoms with Crippen LogP contribution in [0.15, 0.2) is 204 Å². The quantitative estimate of drug-likeness (QED) is 0.0375. The number of phenols is 2. The normalized spacial score (nSPS) is 12.4. The van der Waals surface area contributed by atoms with Crippen LogP contribution in [0.4, 0.5) is 0 Å². The number of carbonyl (C=O) groups is 5. The van der Waals surface area contributed by atoms with Gasteiger partial charge in [-0.2, -0.15) is 0 Å². The molecule has 5 N–H and O–H groups in total. The average molecular weight is 1190 g/mol. The number of nitrogens with one attached hydrogen (secondary N) is 1. The maximum atomic E-state index is 11.6. The number of thiocarbonyl (C=S) groups is 2. The van der Waals surface area contributed by atoms with E-state index in [0.717, 1.165) is 72.2 Å². The van der Waals surface area contributed by atoms with Crippen LogP contribution in [-0.2, 0) is 9.59 Å². The molecule has 0 atom stereocenters. The molecule has 1 amide bonds. The van der Waals surface area contributed by atoms with E-state index in [0.29, 0.717) is 49.3 Å². The lowest BCUT2D eigenvalue weighted by Crippen LogP contribution is -2.29. The van der Waals surface area contributed by atoms with Crippen molar-refractivity contribution in [3.63, 3.8) is 0 Å². The van der Waals surface area contributed by atoms with Crippen molar-refractivity contribution in [1.29, 1.82) is 0 Å². The van der Waals surface area contributed by atoms with Crippen LogP contribution < -0.4 is 20.3 Å². The van der Waals surface area contributed by atoms with E-state index >= 15 is 0 Å². The van der Waals surface area contributed by atoms with Gasteiger partial charge in [-0.25, -0.2) is 0 Å². The Hall–Kier alpha value is -7.81. The number of phenolic OH excluding ortho intramolecular Hbond substituents is 2. The SMILES string of the molecule is COc1ccc(-c2ccc(C=O)cc2)cc1.COc1ccc(B(O)O)cc1.O=C1CSC(=S)C1.O=C1NC(=S)S/C1=C/c1ccc(-c2ccc(O)cc2)cc1.O=Cc1ccc(-c2ccc(O)cc2)cc1.O=Cc1ccc(Br)cc1. The molecule has 2 aliphatic rings. The van der Waals surface area contributed by atoms with Crippen LogP contribution in [0.1, 0.15) is 43.1 Å². The van der Waals surface area contributed by atoms with Crippen LogP contribution in [0.5, 0.6) is 23.0 Å². The van der Waals surface area contributed by atoms with Crippen LogP contribution in [0.2, 0.25) is 0 Å². The van der Waals surface area contributed by atoms with E-state index < -0.39 is 7.12 Å². The van der Waals surface area contributed by atoms with Crippen molar-refractivity contribution in [2.24, 2.45) is 0 Å². The highest BCUT2D eigenvalue weighted by atomic mass is 79.9. The number of Topliss-reactive ketones (excluding diaryl/α,β-unsaturated/α-hetero) is 1. The third-order valence-electron chi connectivity index (χ3n) is 10.9. The van der Waals surface area contributed by atoms with Crippen LogP contribution >= 0.6 is 63.9 Å². The van der Waals surface area contributed by atoms with E-state index in [-0.39, 0.29) is 23.2 Å². The van der Waals surface area contributed by atoms with Gasteiger partial charge in [0.1, 0.15) is 52.0 Å². The Labute approximate surface area is 485 Å². The largest absolute Gasteiger partial charge is 0.508 e. The maximum Gasteiger partial charge on any atom is 0.488 e. The van der Waals surface area contributed by atoms with Gasteiger partial charge in [0.2, 0.25) is 0 Å². The minimum absolute atomic E-state index is 0.146. The molecule has 0 aliphatic carbocycles. The number of benzene rings is 8. The molecule has 0 aromatic heterocycles. The monoisotopic (exact) mass is 1190 g/mol. The fourth-order valence-corrected chi connectivity index (χ4v) is 9.02. The van der Waals surface area contributed by atoms with Crippen molar-refractivity contribution in [2.75, 3.05) is 20.0 Å². The highest BCUT2D eigenvalue weighted by molar-refractivity contribution is 9.10. The van der Waals surface area contributed by atoms with E-state index in [1.165, 1.54) is 23.5 Å². The molecule has 8 aromatic carbocycles. The first-order chi connectivity index (χ1) is 38.1. The lowest BCUT2D eigenvalue weighted by molar-refractivity contribution is -0.116. The zero-order valence-electron chi connectivity index (χ0n) is 42.4. The Morgan fingerprint density at radius 2 is 0.861 bits per heavy atom. The number of halogens is 1. The third-order valence-corrected chi connectivity index (χ3v) is 14.0. The molecule has 2 heterocycles. The fraction of sp³-hybridized carbons (Fsp3) is 0.0656. The second kappa shape index (κ2) is 32.8. The van der Waals surface area contributed by atoms with Gasteiger partial charge < -0.3 is 35.1 Å². The molecule has 2 aliphatic heterocycles. The summed E-state index contributed by atoms with van der Waals surface area (Å²) in [6.45, 7) is 0. The zero-order chi connectivity index (χ0) is 57.1. The average Bonchev–Trinajstić information content (AvgIpc) is 4.04. The minimum Gasteiger partial charge on any atom is -0.508 e. The number of rotatable bonds is 10. The number of aromatic hydroxyl groups is 2. The van der Waals surface area contributed by atoms with Crippen LogP contribution in [0.25, 0.3) is 39.5 Å². The number of ether oxygens (including phenoxy) is 2. The zero-order valence-corrected chi connectivity index (χ0v) is 47.3. The van der Waals surface area contributed by atoms with E-state index in [2.05, 4.69) is 21.2 Å². The van der Waals surface area contributed by atoms with Gasteiger partial charge in [0.05, 0.1) is 29.1 Å². The van der Waals surface area contributed by atoms with Crippen LogP contribution in [-0.4, -0.2) is 86.4 Å². The molecule has 400 valence electrons. The maximum absolute atomic E-state index is 11.6. The highest BCUT2D eigenvalue weighted by Crippen LogP contribution is 2.28. The first kappa shape index (κ1) is 62.0. The standard InChI is InChI=1S/C16H11NO2S2.C14H12O2.C13H10O2.C7H9BO3.C7H5BrO.C4H4OS2/c18-13-7-5-12(6-8-13)11-3-1-10(2-4-11)9-14-15(19)17-16(20)21-14;1-16-14-8-6-13(7-9-14)12-4-2-11(10-15)3-5-12;14-9-10-1-3-11(4-2-10)12-5-7-13(15)8-6-12;1-11-7-4-2-6(3-5-7)8(9)10;8-7-3-1-6(5-9)2-4-7;5-3-1-4(6)7-2-3/h1-9,18H,(H,17,19,20);2-10H,1H3;1-9,15H;2-5,9-10H,1H3;1-5H;1-2H2/b14-9+;;;;;. The van der Waals surface area contributed by atoms with Gasteiger partial charge in [-0.3, -0.25) is 24.0 Å². The Morgan fingerprint density at radius 3 is 1.15 bits per heavy atom. The van der Waals surface area contributed by atoms with E-state index in [9.17, 15) is 29.1 Å². The number of aldehydes is 3. The van der Waals surface area contributed by atoms with Crippen LogP contribution in [0.3, 0.4) is 0 Å². The van der Waals surface area contributed by atoms with Crippen molar-refractivity contribution in [3.05, 3.63) is 226 Å². The predicted molar refractivity (Wildman–Crippen MR) is 330 cm³/mol. The molecule has 0 unspecified atom stereocenters. The first-order valence-electron chi connectivity index (χ1n) is 23.7. The molecule has 10 rings (SSSR count). The van der Waals surface area contributed by atoms with E-state index in [1.807, 2.05) is 127 Å². The Kier molecular flexibility index (Phi) is 25.8. The summed E-state index contributed by atoms with van der Waals surface area (Å²) in [5, 5.41) is 38.4. The highest BCUT2D eigenvalue weighted by Gasteiger charge is 2.22. The second-order valence-electron chi connectivity index (χ2n) is 16.5. The summed E-state index contributed by atoms with van der Waals surface area (Å²) in [6.07, 6.45) is 4.84. The summed E-state index contributed by atoms with van der Waals surface area (Å²) < 4.78 is 12.3. The number of hydrogen-bond donors (Lipinski definition) is 5. The van der Waals surface area contributed by atoms with Crippen molar-refractivity contribution in [1.82, 2.24) is 5.32 Å². The molecule has 0 saturated carbocycles. The molecule has 0 spiro atoms. The topological polar surface area (TPSA) is 197 Å². The van der Waals surface area contributed by atoms with Gasteiger partial charge in [0.25, 0.3) is 5.91 Å². The minimum atomic E-state index is -1.40. The van der Waals surface area contributed by atoms with E-state index in [4.69, 9.17) is 49.1 Å². The number of carbonyl (C=O) groups excluding carboxylic acids is 5. The second-order valence-corrected chi connectivity index (χ2v) is 20.9. The van der Waals surface area contributed by atoms with Gasteiger partial charge >= 0.3 is 7.12 Å². The predicted octanol–water partition coefficient (Wildman–Crippen LogP) is 12.3. The Balaban J connectivity index is 0.000000180. The summed E-state index contributed by atoms with van der Waals surface area (Å²) in [4.78, 5) is 53.6. The lowest BCUT2D eigenvalue weighted by Gasteiger charge is -2.03. The number of hydrogen-bond acceptors (Lipinski definition) is 15. The van der Waals surface area contributed by atoms with Gasteiger partial charge in [-0.15, -0.1) is 11.8 Å². The van der Waals surface area contributed by atoms with Crippen molar-refractivity contribution >= 4 is 122 Å². The lowest BCUT2D eigenvalue weighted by atomic mass is 9.80. The fourth-order valence-electron chi connectivity index (χ4n) is 6.69.